The molecule has 0 aliphatic carbocycles. The minimum Gasteiger partial charge on any atom is -0.618 e. The number of carbonyl (C=O) groups excluding carboxylic acids is 1. The van der Waals surface area contributed by atoms with Crippen LogP contribution in [0, 0.1) is 5.21 Å². The molecule has 1 N–H and O–H groups in total. The molecule has 1 unspecified atom stereocenters. The number of rotatable bonds is 10. The van der Waals surface area contributed by atoms with Crippen LogP contribution in [-0.4, -0.2) is 22.9 Å². The molecule has 0 bridgehead atoms. The van der Waals surface area contributed by atoms with Crippen LogP contribution in [0.3, 0.4) is 0 Å². The maximum absolute atomic E-state index is 12.6. The molecule has 0 fully saturated rings. The topological polar surface area (TPSA) is 55.2 Å². The zero-order valence-electron chi connectivity index (χ0n) is 19.0. The van der Waals surface area contributed by atoms with E-state index < -0.39 is 0 Å². The number of amides is 1. The van der Waals surface area contributed by atoms with Gasteiger partial charge in [-0.3, -0.25) is 4.79 Å². The molecule has 0 heterocycles. The Morgan fingerprint density at radius 2 is 1.56 bits per heavy atom. The first-order valence-electron chi connectivity index (χ1n) is 11.5. The van der Waals surface area contributed by atoms with Crippen LogP contribution in [0.2, 0.25) is 0 Å². The van der Waals surface area contributed by atoms with Gasteiger partial charge < -0.3 is 10.5 Å². The molecule has 4 nitrogen and oxygen atoms in total. The molecule has 0 saturated heterocycles. The summed E-state index contributed by atoms with van der Waals surface area (Å²) in [6.07, 6.45) is 6.95. The van der Waals surface area contributed by atoms with Crippen molar-refractivity contribution in [3.8, 4) is 11.1 Å². The highest BCUT2D eigenvalue weighted by Gasteiger charge is 2.13. The van der Waals surface area contributed by atoms with Crippen molar-refractivity contribution in [3.05, 3.63) is 95.2 Å². The third kappa shape index (κ3) is 6.55. The smallest absolute Gasteiger partial charge is 0.251 e. The second kappa shape index (κ2) is 11.8. The molecule has 4 heteroatoms. The van der Waals surface area contributed by atoms with Gasteiger partial charge in [-0.25, -0.2) is 0 Å². The molecule has 32 heavy (non-hydrogen) atoms. The molecule has 0 radical (unpaired) electrons. The summed E-state index contributed by atoms with van der Waals surface area (Å²) in [5.74, 6) is -0.0853. The summed E-state index contributed by atoms with van der Waals surface area (Å²) in [6.45, 7) is 4.27. The molecule has 0 aliphatic rings. The summed E-state index contributed by atoms with van der Waals surface area (Å²) >= 11 is 0. The molecule has 3 rings (SSSR count). The SMILES string of the molecule is CCCCCC(CC)NC(=O)c1ccc(/[N+]([O-])=C\c2ccc(-c3ccccc3)cc2)cc1. The van der Waals surface area contributed by atoms with Gasteiger partial charge in [0, 0.05) is 29.3 Å². The van der Waals surface area contributed by atoms with E-state index >= 15 is 0 Å². The molecule has 0 saturated carbocycles. The zero-order valence-corrected chi connectivity index (χ0v) is 19.0. The van der Waals surface area contributed by atoms with Crippen molar-refractivity contribution in [1.29, 1.82) is 0 Å². The van der Waals surface area contributed by atoms with Crippen LogP contribution in [0.25, 0.3) is 11.1 Å². The van der Waals surface area contributed by atoms with E-state index in [9.17, 15) is 10.0 Å². The van der Waals surface area contributed by atoms with Crippen LogP contribution < -0.4 is 5.32 Å². The predicted molar refractivity (Wildman–Crippen MR) is 132 cm³/mol. The standard InChI is InChI=1S/C28H32N2O2/c1-3-5-7-12-26(4-2)29-28(31)25-17-19-27(20-18-25)30(32)21-22-13-15-24(16-14-22)23-10-8-6-9-11-23/h6,8-11,13-21,26H,3-5,7,12H2,1-2H3,(H,29,31)/b30-21+. The minimum absolute atomic E-state index is 0.0853. The lowest BCUT2D eigenvalue weighted by Crippen LogP contribution is -2.34. The Labute approximate surface area is 191 Å². The van der Waals surface area contributed by atoms with Gasteiger partial charge in [0.2, 0.25) is 5.69 Å². The van der Waals surface area contributed by atoms with E-state index in [1.807, 2.05) is 42.5 Å². The van der Waals surface area contributed by atoms with Gasteiger partial charge in [0.25, 0.3) is 5.91 Å². The van der Waals surface area contributed by atoms with Crippen LogP contribution in [0.15, 0.2) is 78.9 Å². The first-order valence-corrected chi connectivity index (χ1v) is 11.5. The highest BCUT2D eigenvalue weighted by Crippen LogP contribution is 2.19. The van der Waals surface area contributed by atoms with Gasteiger partial charge >= 0.3 is 0 Å². The lowest BCUT2D eigenvalue weighted by Gasteiger charge is -2.17. The highest BCUT2D eigenvalue weighted by atomic mass is 16.5. The molecular formula is C28H32N2O2. The Bertz CT molecular complexity index is 1010. The highest BCUT2D eigenvalue weighted by molar-refractivity contribution is 5.94. The monoisotopic (exact) mass is 428 g/mol. The Balaban J connectivity index is 1.63. The number of carbonyl (C=O) groups is 1. The minimum atomic E-state index is -0.0853. The van der Waals surface area contributed by atoms with Gasteiger partial charge in [0.05, 0.1) is 0 Å². The van der Waals surface area contributed by atoms with E-state index in [0.29, 0.717) is 11.3 Å². The number of nitrogens with zero attached hydrogens (tertiary/aromatic N) is 1. The van der Waals surface area contributed by atoms with E-state index in [-0.39, 0.29) is 11.9 Å². The van der Waals surface area contributed by atoms with Crippen molar-refractivity contribution in [3.63, 3.8) is 0 Å². The summed E-state index contributed by atoms with van der Waals surface area (Å²) in [6, 6.07) is 25.0. The van der Waals surface area contributed by atoms with E-state index in [4.69, 9.17) is 0 Å². The van der Waals surface area contributed by atoms with Crippen molar-refractivity contribution in [2.75, 3.05) is 0 Å². The van der Waals surface area contributed by atoms with E-state index in [2.05, 4.69) is 31.3 Å². The molecule has 0 spiro atoms. The van der Waals surface area contributed by atoms with Crippen LogP contribution in [-0.2, 0) is 0 Å². The Kier molecular flexibility index (Phi) is 8.61. The van der Waals surface area contributed by atoms with Gasteiger partial charge in [0.15, 0.2) is 6.21 Å². The predicted octanol–water partition coefficient (Wildman–Crippen LogP) is 6.70. The fourth-order valence-corrected chi connectivity index (χ4v) is 3.65. The van der Waals surface area contributed by atoms with E-state index in [1.165, 1.54) is 12.8 Å². The molecule has 0 aliphatic heterocycles. The number of benzene rings is 3. The lowest BCUT2D eigenvalue weighted by atomic mass is 10.0. The third-order valence-corrected chi connectivity index (χ3v) is 5.65. The quantitative estimate of drug-likeness (QED) is 0.128. The van der Waals surface area contributed by atoms with Gasteiger partial charge in [-0.15, -0.1) is 0 Å². The Hall–Kier alpha value is -3.40. The molecular weight excluding hydrogens is 396 g/mol. The van der Waals surface area contributed by atoms with Crippen LogP contribution in [0.4, 0.5) is 5.69 Å². The summed E-state index contributed by atoms with van der Waals surface area (Å²) in [4.78, 5) is 12.6. The number of hydrogen-bond donors (Lipinski definition) is 1. The summed E-state index contributed by atoms with van der Waals surface area (Å²) in [7, 11) is 0. The van der Waals surface area contributed by atoms with Crippen molar-refractivity contribution < 1.29 is 9.53 Å². The maximum atomic E-state index is 12.6. The lowest BCUT2D eigenvalue weighted by molar-refractivity contribution is -0.354. The van der Waals surface area contributed by atoms with Crippen LogP contribution in [0.1, 0.15) is 61.9 Å². The van der Waals surface area contributed by atoms with Gasteiger partial charge in [-0.2, -0.15) is 4.74 Å². The fourth-order valence-electron chi connectivity index (χ4n) is 3.65. The van der Waals surface area contributed by atoms with Crippen molar-refractivity contribution in [2.45, 2.75) is 52.0 Å². The van der Waals surface area contributed by atoms with Gasteiger partial charge in [-0.05, 0) is 48.2 Å². The van der Waals surface area contributed by atoms with Crippen LogP contribution >= 0.6 is 0 Å². The average Bonchev–Trinajstić information content (AvgIpc) is 2.84. The fraction of sp³-hybridized carbons (Fsp3) is 0.286. The molecule has 3 aromatic carbocycles. The van der Waals surface area contributed by atoms with Crippen LogP contribution in [0.5, 0.6) is 0 Å². The summed E-state index contributed by atoms with van der Waals surface area (Å²) in [5, 5.41) is 15.7. The molecule has 166 valence electrons. The van der Waals surface area contributed by atoms with Crippen molar-refractivity contribution in [2.24, 2.45) is 0 Å². The largest absolute Gasteiger partial charge is 0.618 e. The Morgan fingerprint density at radius 1 is 0.906 bits per heavy atom. The number of unbranched alkanes of at least 4 members (excludes halogenated alkanes) is 2. The molecule has 1 atom stereocenters. The summed E-state index contributed by atoms with van der Waals surface area (Å²) in [5.41, 5.74) is 4.13. The van der Waals surface area contributed by atoms with Gasteiger partial charge in [-0.1, -0.05) is 75.6 Å². The molecule has 3 aromatic rings. The molecule has 0 aromatic heterocycles. The normalized spacial score (nSPS) is 12.4. The van der Waals surface area contributed by atoms with E-state index in [0.717, 1.165) is 40.7 Å². The number of nitrogens with one attached hydrogen (secondary N) is 1. The number of hydrogen-bond acceptors (Lipinski definition) is 2. The third-order valence-electron chi connectivity index (χ3n) is 5.65. The average molecular weight is 429 g/mol. The first-order chi connectivity index (χ1) is 15.6. The first kappa shape index (κ1) is 23.3. The molecule has 1 amide bonds. The second-order valence-electron chi connectivity index (χ2n) is 8.06. The summed E-state index contributed by atoms with van der Waals surface area (Å²) < 4.78 is 0.832. The van der Waals surface area contributed by atoms with Crippen molar-refractivity contribution in [1.82, 2.24) is 5.32 Å². The van der Waals surface area contributed by atoms with Crippen molar-refractivity contribution >= 4 is 17.8 Å². The van der Waals surface area contributed by atoms with E-state index in [1.54, 1.807) is 30.5 Å². The zero-order chi connectivity index (χ0) is 22.8. The Morgan fingerprint density at radius 3 is 2.19 bits per heavy atom. The van der Waals surface area contributed by atoms with Gasteiger partial charge in [0.1, 0.15) is 0 Å². The maximum Gasteiger partial charge on any atom is 0.251 e. The second-order valence-corrected chi connectivity index (χ2v) is 8.06.